The summed E-state index contributed by atoms with van der Waals surface area (Å²) in [6.07, 6.45) is -1.55. The molecule has 0 radical (unpaired) electrons. The summed E-state index contributed by atoms with van der Waals surface area (Å²) in [5.74, 6) is 0.201. The van der Waals surface area contributed by atoms with E-state index >= 15 is 0 Å². The van der Waals surface area contributed by atoms with E-state index in [1.165, 1.54) is 6.92 Å². The van der Waals surface area contributed by atoms with Crippen molar-refractivity contribution in [2.45, 2.75) is 41.0 Å². The minimum absolute atomic E-state index is 0. The molecule has 0 saturated carbocycles. The van der Waals surface area contributed by atoms with E-state index in [-0.39, 0.29) is 33.0 Å². The third-order valence-corrected chi connectivity index (χ3v) is 1.86. The largest absolute Gasteiger partial charge is 0.510 e. The van der Waals surface area contributed by atoms with E-state index < -0.39 is 12.4 Å². The number of carbonyl (C=O) groups excluding carboxylic acids is 2. The van der Waals surface area contributed by atoms with E-state index in [1.54, 1.807) is 13.8 Å². The van der Waals surface area contributed by atoms with Gasteiger partial charge in [-0.05, 0) is 26.0 Å². The predicted octanol–water partition coefficient (Wildman–Crippen LogP) is 1.11. The van der Waals surface area contributed by atoms with E-state index in [1.807, 2.05) is 0 Å². The molecule has 0 unspecified atom stereocenters. The van der Waals surface area contributed by atoms with E-state index in [0.717, 1.165) is 4.80 Å². The number of Topliss-reactive ketones (excluding diaryl/α,β-unsaturated/α-hetero) is 1. The van der Waals surface area contributed by atoms with Gasteiger partial charge in [-0.1, -0.05) is 7.43 Å². The van der Waals surface area contributed by atoms with Gasteiger partial charge in [-0.2, -0.15) is 0 Å². The standard InChI is InChI=1S/C10H16N4O5.CH4/c1-4-18-10(16)19-8(3)14-12-9(11-13-14)6-17-5-7(2)15;/h8H,4-6H2,1-3H3;1H4/t8-;/m1./s1. The summed E-state index contributed by atoms with van der Waals surface area (Å²) in [5, 5.41) is 11.4. The van der Waals surface area contributed by atoms with Crippen molar-refractivity contribution in [2.24, 2.45) is 0 Å². The van der Waals surface area contributed by atoms with Crippen LogP contribution in [-0.2, 0) is 25.6 Å². The monoisotopic (exact) mass is 288 g/mol. The van der Waals surface area contributed by atoms with Crippen molar-refractivity contribution in [1.82, 2.24) is 20.2 Å². The van der Waals surface area contributed by atoms with Crippen molar-refractivity contribution in [1.29, 1.82) is 0 Å². The summed E-state index contributed by atoms with van der Waals surface area (Å²) >= 11 is 0. The van der Waals surface area contributed by atoms with Gasteiger partial charge in [0, 0.05) is 0 Å². The first kappa shape index (κ1) is 18.0. The van der Waals surface area contributed by atoms with Crippen molar-refractivity contribution in [3.8, 4) is 0 Å². The minimum atomic E-state index is -0.804. The van der Waals surface area contributed by atoms with E-state index in [2.05, 4.69) is 20.1 Å². The molecule has 1 atom stereocenters. The Morgan fingerprint density at radius 2 is 2.10 bits per heavy atom. The van der Waals surface area contributed by atoms with Crippen LogP contribution in [0.1, 0.15) is 40.3 Å². The third kappa shape index (κ3) is 6.23. The number of hydrogen-bond acceptors (Lipinski definition) is 8. The van der Waals surface area contributed by atoms with Gasteiger partial charge < -0.3 is 14.2 Å². The van der Waals surface area contributed by atoms with Crippen LogP contribution in [0.5, 0.6) is 0 Å². The maximum Gasteiger partial charge on any atom is 0.510 e. The number of ketones is 1. The van der Waals surface area contributed by atoms with Crippen molar-refractivity contribution < 1.29 is 23.8 Å². The zero-order valence-corrected chi connectivity index (χ0v) is 11.0. The number of rotatable bonds is 7. The van der Waals surface area contributed by atoms with Crippen LogP contribution >= 0.6 is 0 Å². The summed E-state index contributed by atoms with van der Waals surface area (Å²) in [6, 6.07) is 0. The van der Waals surface area contributed by atoms with Gasteiger partial charge >= 0.3 is 6.16 Å². The zero-order chi connectivity index (χ0) is 14.3. The quantitative estimate of drug-likeness (QED) is 0.687. The molecule has 114 valence electrons. The molecule has 0 aliphatic carbocycles. The van der Waals surface area contributed by atoms with Crippen molar-refractivity contribution >= 4 is 11.9 Å². The molecule has 0 N–H and O–H groups in total. The second kappa shape index (κ2) is 8.97. The molecule has 0 bridgehead atoms. The first-order valence-corrected chi connectivity index (χ1v) is 5.72. The van der Waals surface area contributed by atoms with Crippen LogP contribution < -0.4 is 0 Å². The number of nitrogens with zero attached hydrogens (tertiary/aromatic N) is 4. The summed E-state index contributed by atoms with van der Waals surface area (Å²) in [4.78, 5) is 22.9. The Morgan fingerprint density at radius 3 is 2.70 bits per heavy atom. The molecule has 1 aromatic heterocycles. The van der Waals surface area contributed by atoms with Gasteiger partial charge in [0.25, 0.3) is 0 Å². The molecule has 0 aromatic carbocycles. The molecule has 0 spiro atoms. The molecule has 0 fully saturated rings. The number of ether oxygens (including phenoxy) is 3. The van der Waals surface area contributed by atoms with Crippen LogP contribution in [0.25, 0.3) is 0 Å². The molecule has 0 saturated heterocycles. The molecule has 0 aliphatic rings. The van der Waals surface area contributed by atoms with Crippen LogP contribution in [0.15, 0.2) is 0 Å². The van der Waals surface area contributed by atoms with E-state index in [0.29, 0.717) is 5.82 Å². The fourth-order valence-corrected chi connectivity index (χ4v) is 1.09. The molecule has 1 aromatic rings. The average molecular weight is 288 g/mol. The maximum atomic E-state index is 11.1. The fraction of sp³-hybridized carbons (Fsp3) is 0.727. The Labute approximate surface area is 117 Å². The second-order valence-corrected chi connectivity index (χ2v) is 3.62. The maximum absolute atomic E-state index is 11.1. The Balaban J connectivity index is 0.00000361. The summed E-state index contributed by atoms with van der Waals surface area (Å²) < 4.78 is 14.5. The molecular formula is C11H20N4O5. The van der Waals surface area contributed by atoms with Gasteiger partial charge in [0.15, 0.2) is 5.78 Å². The summed E-state index contributed by atoms with van der Waals surface area (Å²) in [6.45, 7) is 4.93. The SMILES string of the molecule is C.CCOC(=O)O[C@H](C)n1nnc(COCC(C)=O)n1. The zero-order valence-electron chi connectivity index (χ0n) is 11.0. The van der Waals surface area contributed by atoms with Gasteiger partial charge in [-0.25, -0.2) is 4.79 Å². The smallest absolute Gasteiger partial charge is 0.435 e. The molecule has 1 heterocycles. The van der Waals surface area contributed by atoms with Crippen LogP contribution in [0, 0.1) is 0 Å². The van der Waals surface area contributed by atoms with Gasteiger partial charge in [0.05, 0.1) is 6.61 Å². The number of carbonyl (C=O) groups is 2. The van der Waals surface area contributed by atoms with Crippen molar-refractivity contribution in [3.05, 3.63) is 5.82 Å². The molecule has 9 nitrogen and oxygen atoms in total. The number of hydrogen-bond donors (Lipinski definition) is 0. The first-order valence-electron chi connectivity index (χ1n) is 5.72. The Morgan fingerprint density at radius 1 is 1.40 bits per heavy atom. The van der Waals surface area contributed by atoms with E-state index in [9.17, 15) is 9.59 Å². The summed E-state index contributed by atoms with van der Waals surface area (Å²) in [5.41, 5.74) is 0. The first-order chi connectivity index (χ1) is 9.02. The Hall–Kier alpha value is -2.03. The molecule has 9 heteroatoms. The normalized spacial score (nSPS) is 11.3. The van der Waals surface area contributed by atoms with Gasteiger partial charge in [-0.15, -0.1) is 15.0 Å². The van der Waals surface area contributed by atoms with Crippen molar-refractivity contribution in [3.63, 3.8) is 0 Å². The van der Waals surface area contributed by atoms with Gasteiger partial charge in [-0.3, -0.25) is 4.79 Å². The number of aromatic nitrogens is 4. The highest BCUT2D eigenvalue weighted by atomic mass is 16.7. The van der Waals surface area contributed by atoms with E-state index in [4.69, 9.17) is 9.47 Å². The number of tetrazole rings is 1. The van der Waals surface area contributed by atoms with Crippen LogP contribution in [0.4, 0.5) is 4.79 Å². The lowest BCUT2D eigenvalue weighted by atomic mass is 10.5. The fourth-order valence-electron chi connectivity index (χ4n) is 1.09. The highest BCUT2D eigenvalue weighted by molar-refractivity contribution is 5.76. The van der Waals surface area contributed by atoms with Crippen molar-refractivity contribution in [2.75, 3.05) is 13.2 Å². The summed E-state index contributed by atoms with van der Waals surface area (Å²) in [7, 11) is 0. The van der Waals surface area contributed by atoms with Gasteiger partial charge in [0.1, 0.15) is 13.2 Å². The molecular weight excluding hydrogens is 268 g/mol. The predicted molar refractivity (Wildman–Crippen MR) is 67.7 cm³/mol. The highest BCUT2D eigenvalue weighted by Gasteiger charge is 2.15. The Bertz CT molecular complexity index is 434. The van der Waals surface area contributed by atoms with Crippen LogP contribution in [0.2, 0.25) is 0 Å². The Kier molecular flexibility index (Phi) is 8.06. The molecule has 0 aliphatic heterocycles. The second-order valence-electron chi connectivity index (χ2n) is 3.62. The highest BCUT2D eigenvalue weighted by Crippen LogP contribution is 2.05. The lowest BCUT2D eigenvalue weighted by Gasteiger charge is -2.10. The average Bonchev–Trinajstić information content (AvgIpc) is 2.77. The van der Waals surface area contributed by atoms with Gasteiger partial charge in [0.2, 0.25) is 12.1 Å². The molecule has 0 amide bonds. The lowest BCUT2D eigenvalue weighted by Crippen LogP contribution is -2.18. The lowest BCUT2D eigenvalue weighted by molar-refractivity contribution is -0.121. The van der Waals surface area contributed by atoms with Crippen LogP contribution in [-0.4, -0.2) is 45.4 Å². The third-order valence-electron chi connectivity index (χ3n) is 1.86. The molecule has 1 rings (SSSR count). The molecule has 20 heavy (non-hydrogen) atoms. The minimum Gasteiger partial charge on any atom is -0.435 e. The topological polar surface area (TPSA) is 105 Å². The van der Waals surface area contributed by atoms with Crippen LogP contribution in [0.3, 0.4) is 0 Å².